The molecule has 1 heterocycles. The van der Waals surface area contributed by atoms with Gasteiger partial charge in [0.15, 0.2) is 0 Å². The number of nitrogens with one attached hydrogen (secondary N) is 2. The minimum atomic E-state index is -0.426. The maximum absolute atomic E-state index is 11.3. The molecule has 8 nitrogen and oxygen atoms in total. The number of nitrogens with zero attached hydrogens (tertiary/aromatic N) is 3. The molecule has 1 atom stereocenters. The summed E-state index contributed by atoms with van der Waals surface area (Å²) in [4.78, 5) is 22.2. The smallest absolute Gasteiger partial charge is 0.260 e. The summed E-state index contributed by atoms with van der Waals surface area (Å²) in [5.74, 6) is -0.283. The Hall–Kier alpha value is -1.80. The molecule has 8 heteroatoms. The number of hydrogen-bond acceptors (Lipinski definition) is 6. The molecule has 0 saturated heterocycles. The van der Waals surface area contributed by atoms with Crippen LogP contribution in [0.2, 0.25) is 0 Å². The number of carbonyl (C=O) groups is 2. The Bertz CT molecular complexity index is 460. The Balaban J connectivity index is 2.26. The summed E-state index contributed by atoms with van der Waals surface area (Å²) in [6.07, 6.45) is 5.26. The van der Waals surface area contributed by atoms with E-state index in [0.29, 0.717) is 25.8 Å². The lowest BCUT2D eigenvalue weighted by Gasteiger charge is -2.13. The van der Waals surface area contributed by atoms with Gasteiger partial charge in [0.05, 0.1) is 11.7 Å². The quantitative estimate of drug-likeness (QED) is 0.320. The van der Waals surface area contributed by atoms with Gasteiger partial charge >= 0.3 is 0 Å². The summed E-state index contributed by atoms with van der Waals surface area (Å²) in [6.45, 7) is 2.27. The van der Waals surface area contributed by atoms with Crippen LogP contribution in [0.5, 0.6) is 0 Å². The van der Waals surface area contributed by atoms with Crippen LogP contribution < -0.4 is 10.8 Å². The second-order valence-corrected chi connectivity index (χ2v) is 4.99. The van der Waals surface area contributed by atoms with Crippen LogP contribution in [-0.2, 0) is 22.6 Å². The van der Waals surface area contributed by atoms with Crippen LogP contribution in [0.15, 0.2) is 6.20 Å². The zero-order chi connectivity index (χ0) is 15.7. The second kappa shape index (κ2) is 9.19. The zero-order valence-corrected chi connectivity index (χ0v) is 12.5. The fraction of sp³-hybridized carbons (Fsp3) is 0.692. The van der Waals surface area contributed by atoms with Crippen molar-refractivity contribution in [1.29, 1.82) is 0 Å². The van der Waals surface area contributed by atoms with Crippen LogP contribution >= 0.6 is 0 Å². The summed E-state index contributed by atoms with van der Waals surface area (Å²) in [5, 5.41) is 19.4. The first-order valence-corrected chi connectivity index (χ1v) is 7.06. The van der Waals surface area contributed by atoms with Crippen LogP contribution in [0.3, 0.4) is 0 Å². The predicted molar refractivity (Wildman–Crippen MR) is 75.7 cm³/mol. The number of carbonyl (C=O) groups excluding carboxylic acids is 2. The summed E-state index contributed by atoms with van der Waals surface area (Å²) in [6, 6.07) is -0.392. The fourth-order valence-corrected chi connectivity index (χ4v) is 1.97. The lowest BCUT2D eigenvalue weighted by molar-refractivity contribution is -0.131. The number of hydrogen-bond donors (Lipinski definition) is 3. The molecule has 0 saturated carbocycles. The van der Waals surface area contributed by atoms with Crippen molar-refractivity contribution in [2.24, 2.45) is 0 Å². The molecule has 1 rings (SSSR count). The minimum Gasteiger partial charge on any atom is -0.309 e. The first-order valence-electron chi connectivity index (χ1n) is 7.06. The van der Waals surface area contributed by atoms with Gasteiger partial charge in [0.1, 0.15) is 5.78 Å². The number of likely N-dealkylation sites (N-methyl/N-ethyl adjacent to an activating group) is 1. The third-order valence-corrected chi connectivity index (χ3v) is 3.22. The average molecular weight is 297 g/mol. The first-order chi connectivity index (χ1) is 10.1. The van der Waals surface area contributed by atoms with Crippen LogP contribution in [-0.4, -0.2) is 45.0 Å². The number of hydroxylamine groups is 1. The fourth-order valence-electron chi connectivity index (χ4n) is 1.97. The number of Topliss-reactive ketones (excluding diaryl/α,β-unsaturated/α-hetero) is 1. The SMILES string of the molecule is CN[C@@H](CCCCn1cc(CCC(C)=O)nn1)C(=O)NO. The molecule has 1 aromatic rings. The average Bonchev–Trinajstić information content (AvgIpc) is 2.92. The lowest BCUT2D eigenvalue weighted by Crippen LogP contribution is -2.41. The van der Waals surface area contributed by atoms with Crippen LogP contribution in [0.25, 0.3) is 0 Å². The Kier molecular flexibility index (Phi) is 7.55. The van der Waals surface area contributed by atoms with E-state index in [1.807, 2.05) is 6.20 Å². The van der Waals surface area contributed by atoms with E-state index < -0.39 is 11.9 Å². The summed E-state index contributed by atoms with van der Waals surface area (Å²) < 4.78 is 1.75. The van der Waals surface area contributed by atoms with Crippen molar-refractivity contribution in [2.75, 3.05) is 7.05 Å². The molecule has 21 heavy (non-hydrogen) atoms. The van der Waals surface area contributed by atoms with Crippen LogP contribution in [0.4, 0.5) is 0 Å². The largest absolute Gasteiger partial charge is 0.309 e. The van der Waals surface area contributed by atoms with Gasteiger partial charge in [0, 0.05) is 19.2 Å². The summed E-state index contributed by atoms with van der Waals surface area (Å²) in [5.41, 5.74) is 2.46. The highest BCUT2D eigenvalue weighted by atomic mass is 16.5. The summed E-state index contributed by atoms with van der Waals surface area (Å²) >= 11 is 0. The van der Waals surface area contributed by atoms with Gasteiger partial charge in [0.2, 0.25) is 0 Å². The third kappa shape index (κ3) is 6.46. The topological polar surface area (TPSA) is 109 Å². The molecule has 0 bridgehead atoms. The van der Waals surface area contributed by atoms with Crippen molar-refractivity contribution in [2.45, 2.75) is 51.6 Å². The Morgan fingerprint density at radius 2 is 2.19 bits per heavy atom. The highest BCUT2D eigenvalue weighted by Gasteiger charge is 2.14. The van der Waals surface area contributed by atoms with Crippen molar-refractivity contribution in [1.82, 2.24) is 25.8 Å². The van der Waals surface area contributed by atoms with Gasteiger partial charge in [-0.15, -0.1) is 5.10 Å². The number of amides is 1. The molecule has 0 aliphatic rings. The molecule has 3 N–H and O–H groups in total. The predicted octanol–water partition coefficient (Wildman–Crippen LogP) is 0.0634. The van der Waals surface area contributed by atoms with Crippen molar-refractivity contribution in [3.63, 3.8) is 0 Å². The monoisotopic (exact) mass is 297 g/mol. The number of aromatic nitrogens is 3. The molecule has 0 fully saturated rings. The normalized spacial score (nSPS) is 12.1. The van der Waals surface area contributed by atoms with Crippen molar-refractivity contribution < 1.29 is 14.8 Å². The van der Waals surface area contributed by atoms with Gasteiger partial charge < -0.3 is 10.1 Å². The van der Waals surface area contributed by atoms with E-state index in [1.165, 1.54) is 0 Å². The zero-order valence-electron chi connectivity index (χ0n) is 12.5. The minimum absolute atomic E-state index is 0.143. The number of unbranched alkanes of at least 4 members (excludes halogenated alkanes) is 1. The Morgan fingerprint density at radius 1 is 1.43 bits per heavy atom. The molecular weight excluding hydrogens is 274 g/mol. The Labute approximate surface area is 123 Å². The molecule has 0 aliphatic heterocycles. The number of aryl methyl sites for hydroxylation is 2. The maximum Gasteiger partial charge on any atom is 0.260 e. The van der Waals surface area contributed by atoms with E-state index in [9.17, 15) is 9.59 Å². The highest BCUT2D eigenvalue weighted by molar-refractivity contribution is 5.80. The van der Waals surface area contributed by atoms with Gasteiger partial charge in [-0.25, -0.2) is 5.48 Å². The van der Waals surface area contributed by atoms with E-state index in [-0.39, 0.29) is 5.78 Å². The van der Waals surface area contributed by atoms with Gasteiger partial charge in [-0.1, -0.05) is 5.21 Å². The van der Waals surface area contributed by atoms with Gasteiger partial charge in [-0.05, 0) is 39.7 Å². The summed E-state index contributed by atoms with van der Waals surface area (Å²) in [7, 11) is 1.68. The molecule has 0 spiro atoms. The van der Waals surface area contributed by atoms with Gasteiger partial charge in [0.25, 0.3) is 5.91 Å². The van der Waals surface area contributed by atoms with Gasteiger partial charge in [-0.3, -0.25) is 14.7 Å². The van der Waals surface area contributed by atoms with E-state index in [4.69, 9.17) is 5.21 Å². The molecular formula is C13H23N5O3. The molecule has 1 aromatic heterocycles. The molecule has 0 aromatic carbocycles. The van der Waals surface area contributed by atoms with Crippen molar-refractivity contribution >= 4 is 11.7 Å². The first kappa shape index (κ1) is 17.3. The van der Waals surface area contributed by atoms with Crippen LogP contribution in [0.1, 0.15) is 38.3 Å². The van der Waals surface area contributed by atoms with Crippen LogP contribution in [0, 0.1) is 0 Å². The van der Waals surface area contributed by atoms with Crippen molar-refractivity contribution in [3.8, 4) is 0 Å². The van der Waals surface area contributed by atoms with E-state index in [0.717, 1.165) is 18.5 Å². The number of rotatable bonds is 10. The third-order valence-electron chi connectivity index (χ3n) is 3.22. The second-order valence-electron chi connectivity index (χ2n) is 4.99. The molecule has 0 aliphatic carbocycles. The van der Waals surface area contributed by atoms with Gasteiger partial charge in [-0.2, -0.15) is 0 Å². The molecule has 118 valence electrons. The van der Waals surface area contributed by atoms with E-state index in [1.54, 1.807) is 24.1 Å². The highest BCUT2D eigenvalue weighted by Crippen LogP contribution is 2.04. The van der Waals surface area contributed by atoms with E-state index >= 15 is 0 Å². The standard InChI is InChI=1S/C13H23N5O3/c1-10(19)6-7-11-9-18(17-15-11)8-4-3-5-12(14-2)13(20)16-21/h9,12,14,21H,3-8H2,1-2H3,(H,16,20)/t12-/m0/s1. The molecule has 0 unspecified atom stereocenters. The van der Waals surface area contributed by atoms with E-state index in [2.05, 4.69) is 15.6 Å². The number of ketones is 1. The lowest BCUT2D eigenvalue weighted by atomic mass is 10.1. The molecule has 1 amide bonds. The Morgan fingerprint density at radius 3 is 2.81 bits per heavy atom. The molecule has 0 radical (unpaired) electrons. The maximum atomic E-state index is 11.3. The van der Waals surface area contributed by atoms with Crippen molar-refractivity contribution in [3.05, 3.63) is 11.9 Å².